The number of hydrogen-bond acceptors (Lipinski definition) is 4. The molecule has 0 spiro atoms. The second-order valence-corrected chi connectivity index (χ2v) is 10.8. The van der Waals surface area contributed by atoms with E-state index in [4.69, 9.17) is 11.2 Å². The number of alkyl carbamates (subject to hydrolysis) is 1. The summed E-state index contributed by atoms with van der Waals surface area (Å²) in [5.41, 5.74) is 1.46. The lowest BCUT2D eigenvalue weighted by atomic mass is 9.98. The van der Waals surface area contributed by atoms with E-state index in [1.54, 1.807) is 52.8 Å². The lowest BCUT2D eigenvalue weighted by molar-refractivity contribution is -0.137. The second kappa shape index (κ2) is 12.5. The van der Waals surface area contributed by atoms with Crippen LogP contribution in [0.3, 0.4) is 0 Å². The Balaban J connectivity index is 1.97. The first-order valence-electron chi connectivity index (χ1n) is 13.1. The van der Waals surface area contributed by atoms with Gasteiger partial charge in [0.05, 0.1) is 0 Å². The molecule has 2 N–H and O–H groups in total. The van der Waals surface area contributed by atoms with Crippen molar-refractivity contribution in [1.29, 1.82) is 0 Å². The van der Waals surface area contributed by atoms with Crippen LogP contribution in [0.2, 0.25) is 0 Å². The molecular weight excluding hydrogens is 490 g/mol. The SMILES string of the molecule is C#CN(C(=O)C(NC(=O)OC(C)(C)C)C(C)C)C(C(=O)Nc1ccc2ccccc2c1)c1ccc(CC)cc1. The standard InChI is InChI=1S/C32H37N3O4/c1-8-22-14-16-24(17-15-22)28(29(36)33-26-19-18-23-12-10-11-13-25(23)20-26)35(9-2)30(37)27(21(3)4)34-31(38)39-32(5,6)7/h2,10-21,27-28H,8H2,1,3-7H3,(H,33,36)(H,34,38). The predicted octanol–water partition coefficient (Wildman–Crippen LogP) is 6.05. The molecule has 2 unspecified atom stereocenters. The van der Waals surface area contributed by atoms with Gasteiger partial charge in [-0.1, -0.05) is 81.8 Å². The summed E-state index contributed by atoms with van der Waals surface area (Å²) in [6.45, 7) is 10.8. The van der Waals surface area contributed by atoms with Crippen molar-refractivity contribution in [3.8, 4) is 12.5 Å². The van der Waals surface area contributed by atoms with Crippen molar-refractivity contribution < 1.29 is 19.1 Å². The summed E-state index contributed by atoms with van der Waals surface area (Å²) in [7, 11) is 0. The van der Waals surface area contributed by atoms with Crippen LogP contribution in [0.25, 0.3) is 10.8 Å². The Morgan fingerprint density at radius 1 is 0.974 bits per heavy atom. The summed E-state index contributed by atoms with van der Waals surface area (Å²) in [6.07, 6.45) is 5.96. The zero-order valence-electron chi connectivity index (χ0n) is 23.4. The van der Waals surface area contributed by atoms with Gasteiger partial charge in [-0.3, -0.25) is 14.5 Å². The Bertz CT molecular complexity index is 1370. The van der Waals surface area contributed by atoms with Gasteiger partial charge in [0, 0.05) is 11.7 Å². The molecule has 3 aromatic carbocycles. The van der Waals surface area contributed by atoms with E-state index in [0.717, 1.165) is 27.7 Å². The summed E-state index contributed by atoms with van der Waals surface area (Å²) < 4.78 is 5.36. The van der Waals surface area contributed by atoms with E-state index < -0.39 is 35.6 Å². The van der Waals surface area contributed by atoms with Gasteiger partial charge in [0.15, 0.2) is 0 Å². The van der Waals surface area contributed by atoms with Crippen molar-refractivity contribution >= 4 is 34.4 Å². The van der Waals surface area contributed by atoms with E-state index in [1.807, 2.05) is 55.5 Å². The zero-order chi connectivity index (χ0) is 28.7. The van der Waals surface area contributed by atoms with Crippen LogP contribution in [0.1, 0.15) is 58.7 Å². The number of fused-ring (bicyclic) bond motifs is 1. The molecule has 0 aliphatic heterocycles. The average Bonchev–Trinajstić information content (AvgIpc) is 2.88. The summed E-state index contributed by atoms with van der Waals surface area (Å²) in [5.74, 6) is -1.38. The van der Waals surface area contributed by atoms with Gasteiger partial charge in [-0.15, -0.1) is 0 Å². The first-order valence-corrected chi connectivity index (χ1v) is 13.1. The molecule has 0 bridgehead atoms. The van der Waals surface area contributed by atoms with Crippen LogP contribution in [0.4, 0.5) is 10.5 Å². The number of ether oxygens (including phenoxy) is 1. The maximum Gasteiger partial charge on any atom is 0.408 e. The third-order valence-electron chi connectivity index (χ3n) is 6.21. The molecule has 0 aliphatic carbocycles. The van der Waals surface area contributed by atoms with E-state index in [1.165, 1.54) is 0 Å². The second-order valence-electron chi connectivity index (χ2n) is 10.8. The quantitative estimate of drug-likeness (QED) is 0.276. The van der Waals surface area contributed by atoms with Crippen molar-refractivity contribution in [2.45, 2.75) is 65.6 Å². The molecule has 39 heavy (non-hydrogen) atoms. The highest BCUT2D eigenvalue weighted by molar-refractivity contribution is 6.01. The number of rotatable bonds is 8. The van der Waals surface area contributed by atoms with Crippen LogP contribution >= 0.6 is 0 Å². The molecule has 3 rings (SSSR count). The summed E-state index contributed by atoms with van der Waals surface area (Å²) in [5, 5.41) is 7.57. The van der Waals surface area contributed by atoms with Crippen molar-refractivity contribution in [1.82, 2.24) is 10.2 Å². The maximum absolute atomic E-state index is 13.8. The Morgan fingerprint density at radius 2 is 1.62 bits per heavy atom. The third kappa shape index (κ3) is 7.61. The number of hydrogen-bond donors (Lipinski definition) is 2. The van der Waals surface area contributed by atoms with E-state index in [-0.39, 0.29) is 5.92 Å². The van der Waals surface area contributed by atoms with Crippen LogP contribution in [0.15, 0.2) is 66.7 Å². The van der Waals surface area contributed by atoms with Gasteiger partial charge in [-0.25, -0.2) is 4.79 Å². The number of nitrogens with one attached hydrogen (secondary N) is 2. The third-order valence-corrected chi connectivity index (χ3v) is 6.21. The van der Waals surface area contributed by atoms with E-state index in [9.17, 15) is 14.4 Å². The molecule has 0 aliphatic rings. The highest BCUT2D eigenvalue weighted by Crippen LogP contribution is 2.27. The number of carbonyl (C=O) groups is 3. The minimum absolute atomic E-state index is 0.326. The molecule has 2 atom stereocenters. The van der Waals surface area contributed by atoms with Gasteiger partial charge in [0.2, 0.25) is 0 Å². The Labute approximate surface area is 230 Å². The molecule has 0 aromatic heterocycles. The predicted molar refractivity (Wildman–Crippen MR) is 155 cm³/mol. The smallest absolute Gasteiger partial charge is 0.408 e. The van der Waals surface area contributed by atoms with Gasteiger partial charge >= 0.3 is 6.09 Å². The van der Waals surface area contributed by atoms with Crippen molar-refractivity contribution in [3.63, 3.8) is 0 Å². The largest absolute Gasteiger partial charge is 0.444 e. The fourth-order valence-corrected chi connectivity index (χ4v) is 4.19. The first kappa shape index (κ1) is 29.2. The monoisotopic (exact) mass is 527 g/mol. The average molecular weight is 528 g/mol. The first-order chi connectivity index (χ1) is 18.4. The van der Waals surface area contributed by atoms with Crippen molar-refractivity contribution in [2.24, 2.45) is 5.92 Å². The molecule has 0 radical (unpaired) electrons. The topological polar surface area (TPSA) is 87.7 Å². The fraction of sp³-hybridized carbons (Fsp3) is 0.344. The minimum atomic E-state index is -1.14. The highest BCUT2D eigenvalue weighted by Gasteiger charge is 2.37. The van der Waals surface area contributed by atoms with E-state index in [2.05, 4.69) is 16.7 Å². The number of anilines is 1. The van der Waals surface area contributed by atoms with Crippen LogP contribution in [0.5, 0.6) is 0 Å². The molecule has 0 fully saturated rings. The zero-order valence-corrected chi connectivity index (χ0v) is 23.4. The van der Waals surface area contributed by atoms with E-state index in [0.29, 0.717) is 11.3 Å². The number of amides is 3. The molecule has 7 nitrogen and oxygen atoms in total. The minimum Gasteiger partial charge on any atom is -0.444 e. The molecule has 0 heterocycles. The number of terminal acetylenes is 1. The molecule has 3 aromatic rings. The summed E-state index contributed by atoms with van der Waals surface area (Å²) >= 11 is 0. The Morgan fingerprint density at radius 3 is 2.18 bits per heavy atom. The van der Waals surface area contributed by atoms with Crippen molar-refractivity contribution in [3.05, 3.63) is 77.9 Å². The van der Waals surface area contributed by atoms with Gasteiger partial charge in [-0.05, 0) is 67.1 Å². The van der Waals surface area contributed by atoms with Crippen molar-refractivity contribution in [2.75, 3.05) is 5.32 Å². The summed E-state index contributed by atoms with van der Waals surface area (Å²) in [4.78, 5) is 41.2. The number of nitrogens with zero attached hydrogens (tertiary/aromatic N) is 1. The van der Waals surface area contributed by atoms with Crippen LogP contribution in [-0.4, -0.2) is 34.5 Å². The van der Waals surface area contributed by atoms with Gasteiger partial charge in [-0.2, -0.15) is 0 Å². The molecule has 204 valence electrons. The Hall–Kier alpha value is -4.31. The molecule has 0 saturated heterocycles. The van der Waals surface area contributed by atoms with Crippen LogP contribution in [-0.2, 0) is 20.7 Å². The normalized spacial score (nSPS) is 12.8. The van der Waals surface area contributed by atoms with Gasteiger partial charge < -0.3 is 15.4 Å². The van der Waals surface area contributed by atoms with E-state index >= 15 is 0 Å². The van der Waals surface area contributed by atoms with Gasteiger partial charge in [0.1, 0.15) is 17.7 Å². The molecular formula is C32H37N3O4. The summed E-state index contributed by atoms with van der Waals surface area (Å²) in [6, 6.07) is 21.1. The lowest BCUT2D eigenvalue weighted by Crippen LogP contribution is -2.53. The lowest BCUT2D eigenvalue weighted by Gasteiger charge is -2.32. The number of benzene rings is 3. The number of carbonyl (C=O) groups excluding carboxylic acids is 3. The number of aryl methyl sites for hydroxylation is 1. The molecule has 0 saturated carbocycles. The fourth-order valence-electron chi connectivity index (χ4n) is 4.19. The molecule has 3 amide bonds. The van der Waals surface area contributed by atoms with Gasteiger partial charge in [0.25, 0.3) is 11.8 Å². The van der Waals surface area contributed by atoms with Crippen LogP contribution in [0, 0.1) is 18.4 Å². The highest BCUT2D eigenvalue weighted by atomic mass is 16.6. The van der Waals surface area contributed by atoms with Crippen LogP contribution < -0.4 is 10.6 Å². The Kier molecular flexibility index (Phi) is 9.37. The molecule has 7 heteroatoms. The maximum atomic E-state index is 13.8.